The molecule has 0 saturated heterocycles. The minimum atomic E-state index is -0.122. The highest BCUT2D eigenvalue weighted by molar-refractivity contribution is 5.93. The van der Waals surface area contributed by atoms with Gasteiger partial charge in [0.1, 0.15) is 0 Å². The van der Waals surface area contributed by atoms with E-state index in [0.29, 0.717) is 0 Å². The second-order valence-electron chi connectivity index (χ2n) is 2.53. The molecule has 0 radical (unpaired) electrons. The molecule has 0 aromatic carbocycles. The summed E-state index contributed by atoms with van der Waals surface area (Å²) in [6.45, 7) is 0.0192. The van der Waals surface area contributed by atoms with Gasteiger partial charge in [-0.2, -0.15) is 5.10 Å². The molecule has 5 heteroatoms. The third-order valence-corrected chi connectivity index (χ3v) is 1.63. The lowest BCUT2D eigenvalue weighted by Crippen LogP contribution is -2.32. The summed E-state index contributed by atoms with van der Waals surface area (Å²) in [5, 5.41) is 3.94. The quantitative estimate of drug-likeness (QED) is 0.637. The van der Waals surface area contributed by atoms with E-state index in [0.717, 1.165) is 5.69 Å². The Labute approximate surface area is 70.8 Å². The van der Waals surface area contributed by atoms with E-state index in [9.17, 15) is 4.79 Å². The SMILES string of the molecule is CN(C(=O)CN)c1cnn(C)c1. The van der Waals surface area contributed by atoms with E-state index >= 15 is 0 Å². The highest BCUT2D eigenvalue weighted by Gasteiger charge is 2.09. The predicted octanol–water partition coefficient (Wildman–Crippen LogP) is -0.658. The number of amides is 1. The van der Waals surface area contributed by atoms with Gasteiger partial charge in [-0.25, -0.2) is 0 Å². The Hall–Kier alpha value is -1.36. The van der Waals surface area contributed by atoms with Crippen LogP contribution in [0.4, 0.5) is 5.69 Å². The average Bonchev–Trinajstić information content (AvgIpc) is 2.49. The number of carbonyl (C=O) groups is 1. The predicted molar refractivity (Wildman–Crippen MR) is 45.7 cm³/mol. The zero-order valence-corrected chi connectivity index (χ0v) is 7.19. The molecule has 66 valence electrons. The van der Waals surface area contributed by atoms with E-state index in [1.54, 1.807) is 31.2 Å². The fraction of sp³-hybridized carbons (Fsp3) is 0.429. The summed E-state index contributed by atoms with van der Waals surface area (Å²) in [4.78, 5) is 12.6. The van der Waals surface area contributed by atoms with Crippen LogP contribution in [-0.4, -0.2) is 29.3 Å². The summed E-state index contributed by atoms with van der Waals surface area (Å²) in [6, 6.07) is 0. The second kappa shape index (κ2) is 3.36. The molecule has 1 heterocycles. The van der Waals surface area contributed by atoms with Gasteiger partial charge in [-0.05, 0) is 0 Å². The average molecular weight is 168 g/mol. The zero-order chi connectivity index (χ0) is 9.14. The molecule has 1 aromatic heterocycles. The van der Waals surface area contributed by atoms with Crippen LogP contribution in [0, 0.1) is 0 Å². The number of aryl methyl sites for hydroxylation is 1. The van der Waals surface area contributed by atoms with Crippen molar-refractivity contribution in [1.82, 2.24) is 9.78 Å². The lowest BCUT2D eigenvalue weighted by molar-refractivity contribution is -0.117. The standard InChI is InChI=1S/C7H12N4O/c1-10-5-6(4-9-10)11(2)7(12)3-8/h4-5H,3,8H2,1-2H3. The Morgan fingerprint density at radius 1 is 1.83 bits per heavy atom. The van der Waals surface area contributed by atoms with Gasteiger partial charge in [0.15, 0.2) is 0 Å². The zero-order valence-electron chi connectivity index (χ0n) is 7.19. The molecule has 0 bridgehead atoms. The van der Waals surface area contributed by atoms with Crippen molar-refractivity contribution in [3.8, 4) is 0 Å². The van der Waals surface area contributed by atoms with Gasteiger partial charge in [0.25, 0.3) is 0 Å². The fourth-order valence-electron chi connectivity index (χ4n) is 0.862. The van der Waals surface area contributed by atoms with Gasteiger partial charge in [-0.15, -0.1) is 0 Å². The van der Waals surface area contributed by atoms with Crippen molar-refractivity contribution >= 4 is 11.6 Å². The number of aromatic nitrogens is 2. The van der Waals surface area contributed by atoms with Crippen LogP contribution < -0.4 is 10.6 Å². The van der Waals surface area contributed by atoms with E-state index in [2.05, 4.69) is 5.10 Å². The monoisotopic (exact) mass is 168 g/mol. The van der Waals surface area contributed by atoms with E-state index in [1.165, 1.54) is 4.90 Å². The highest BCUT2D eigenvalue weighted by Crippen LogP contribution is 2.08. The first-order chi connectivity index (χ1) is 5.65. The molecule has 2 N–H and O–H groups in total. The van der Waals surface area contributed by atoms with Gasteiger partial charge in [0.2, 0.25) is 5.91 Å². The van der Waals surface area contributed by atoms with Crippen LogP contribution in [-0.2, 0) is 11.8 Å². The Morgan fingerprint density at radius 2 is 2.50 bits per heavy atom. The maximum absolute atomic E-state index is 11.1. The van der Waals surface area contributed by atoms with E-state index < -0.39 is 0 Å². The molecule has 1 aromatic rings. The molecule has 0 unspecified atom stereocenters. The fourth-order valence-corrected chi connectivity index (χ4v) is 0.862. The summed E-state index contributed by atoms with van der Waals surface area (Å²) in [5.41, 5.74) is 5.96. The Balaban J connectivity index is 2.77. The maximum Gasteiger partial charge on any atom is 0.240 e. The van der Waals surface area contributed by atoms with Crippen LogP contribution >= 0.6 is 0 Å². The van der Waals surface area contributed by atoms with Crippen molar-refractivity contribution in [3.63, 3.8) is 0 Å². The molecule has 0 aliphatic carbocycles. The Bertz CT molecular complexity index is 281. The largest absolute Gasteiger partial charge is 0.322 e. The summed E-state index contributed by atoms with van der Waals surface area (Å²) in [7, 11) is 3.47. The van der Waals surface area contributed by atoms with Crippen LogP contribution in [0.1, 0.15) is 0 Å². The highest BCUT2D eigenvalue weighted by atomic mass is 16.2. The minimum Gasteiger partial charge on any atom is -0.322 e. The number of carbonyl (C=O) groups excluding carboxylic acids is 1. The number of likely N-dealkylation sites (N-methyl/N-ethyl adjacent to an activating group) is 1. The molecule has 5 nitrogen and oxygen atoms in total. The lowest BCUT2D eigenvalue weighted by Gasteiger charge is -2.12. The molecule has 1 rings (SSSR count). The number of nitrogens with zero attached hydrogens (tertiary/aromatic N) is 3. The smallest absolute Gasteiger partial charge is 0.240 e. The van der Waals surface area contributed by atoms with Gasteiger partial charge >= 0.3 is 0 Å². The van der Waals surface area contributed by atoms with Crippen LogP contribution in [0.3, 0.4) is 0 Å². The molecule has 0 aliphatic heterocycles. The minimum absolute atomic E-state index is 0.0192. The number of nitrogens with two attached hydrogens (primary N) is 1. The van der Waals surface area contributed by atoms with Gasteiger partial charge in [0.05, 0.1) is 18.4 Å². The van der Waals surface area contributed by atoms with Gasteiger partial charge in [-0.3, -0.25) is 9.48 Å². The summed E-state index contributed by atoms with van der Waals surface area (Å²) in [5.74, 6) is -0.122. The Morgan fingerprint density at radius 3 is 2.92 bits per heavy atom. The molecule has 0 spiro atoms. The normalized spacial score (nSPS) is 9.92. The lowest BCUT2D eigenvalue weighted by atomic mass is 10.4. The molecule has 0 atom stereocenters. The Kier molecular flexibility index (Phi) is 2.44. The number of hydrogen-bond donors (Lipinski definition) is 1. The van der Waals surface area contributed by atoms with Gasteiger partial charge in [-0.1, -0.05) is 0 Å². The van der Waals surface area contributed by atoms with Gasteiger partial charge in [0, 0.05) is 20.3 Å². The maximum atomic E-state index is 11.1. The van der Waals surface area contributed by atoms with Crippen LogP contribution in [0.15, 0.2) is 12.4 Å². The molecule has 0 aliphatic rings. The third kappa shape index (κ3) is 1.62. The number of rotatable bonds is 2. The van der Waals surface area contributed by atoms with Crippen molar-refractivity contribution < 1.29 is 4.79 Å². The van der Waals surface area contributed by atoms with E-state index in [4.69, 9.17) is 5.73 Å². The third-order valence-electron chi connectivity index (χ3n) is 1.63. The topological polar surface area (TPSA) is 64.2 Å². The summed E-state index contributed by atoms with van der Waals surface area (Å²) < 4.78 is 1.63. The van der Waals surface area contributed by atoms with Crippen molar-refractivity contribution in [3.05, 3.63) is 12.4 Å². The molecule has 1 amide bonds. The molecule has 12 heavy (non-hydrogen) atoms. The molecular weight excluding hydrogens is 156 g/mol. The van der Waals surface area contributed by atoms with Crippen LogP contribution in [0.25, 0.3) is 0 Å². The van der Waals surface area contributed by atoms with Crippen molar-refractivity contribution in [2.75, 3.05) is 18.5 Å². The van der Waals surface area contributed by atoms with Crippen molar-refractivity contribution in [2.24, 2.45) is 12.8 Å². The first kappa shape index (κ1) is 8.73. The van der Waals surface area contributed by atoms with Crippen molar-refractivity contribution in [2.45, 2.75) is 0 Å². The van der Waals surface area contributed by atoms with Crippen LogP contribution in [0.2, 0.25) is 0 Å². The number of hydrogen-bond acceptors (Lipinski definition) is 3. The second-order valence-corrected chi connectivity index (χ2v) is 2.53. The first-order valence-corrected chi connectivity index (χ1v) is 3.60. The van der Waals surface area contributed by atoms with E-state index in [1.807, 2.05) is 0 Å². The first-order valence-electron chi connectivity index (χ1n) is 3.60. The van der Waals surface area contributed by atoms with E-state index in [-0.39, 0.29) is 12.5 Å². The molecule has 0 saturated carbocycles. The molecular formula is C7H12N4O. The van der Waals surface area contributed by atoms with Gasteiger partial charge < -0.3 is 10.6 Å². The molecule has 0 fully saturated rings. The summed E-state index contributed by atoms with van der Waals surface area (Å²) >= 11 is 0. The summed E-state index contributed by atoms with van der Waals surface area (Å²) in [6.07, 6.45) is 3.38. The van der Waals surface area contributed by atoms with Crippen molar-refractivity contribution in [1.29, 1.82) is 0 Å². The van der Waals surface area contributed by atoms with Crippen LogP contribution in [0.5, 0.6) is 0 Å². The number of anilines is 1.